The van der Waals surface area contributed by atoms with Gasteiger partial charge < -0.3 is 10.6 Å². The second-order valence-electron chi connectivity index (χ2n) is 4.96. The average molecular weight is 285 g/mol. The first-order valence-electron chi connectivity index (χ1n) is 7.43. The van der Waals surface area contributed by atoms with Crippen LogP contribution in [0.3, 0.4) is 0 Å². The van der Waals surface area contributed by atoms with Crippen molar-refractivity contribution in [1.29, 1.82) is 0 Å². The summed E-state index contributed by atoms with van der Waals surface area (Å²) in [5, 5.41) is 6.54. The molecular weight excluding hydrogens is 262 g/mol. The molecule has 0 saturated heterocycles. The number of anilines is 2. The Bertz CT molecular complexity index is 568. The van der Waals surface area contributed by atoms with E-state index >= 15 is 0 Å². The van der Waals surface area contributed by atoms with E-state index in [-0.39, 0.29) is 0 Å². The first kappa shape index (κ1) is 15.2. The Morgan fingerprint density at radius 1 is 1.10 bits per heavy atom. The third kappa shape index (κ3) is 4.15. The van der Waals surface area contributed by atoms with E-state index in [9.17, 15) is 0 Å². The number of nitrogens with one attached hydrogen (secondary N) is 2. The number of hydrogen-bond donors (Lipinski definition) is 2. The largest absolute Gasteiger partial charge is 0.373 e. The normalized spacial score (nSPS) is 10.4. The Labute approximate surface area is 126 Å². The van der Waals surface area contributed by atoms with Crippen molar-refractivity contribution in [2.24, 2.45) is 0 Å². The number of nitrogens with zero attached hydrogens (tertiary/aromatic N) is 3. The van der Waals surface area contributed by atoms with Crippen LogP contribution in [0.4, 0.5) is 11.6 Å². The number of pyridine rings is 1. The van der Waals surface area contributed by atoms with Gasteiger partial charge in [-0.1, -0.05) is 13.0 Å². The number of aryl methyl sites for hydroxylation is 1. The molecule has 0 aliphatic carbocycles. The highest BCUT2D eigenvalue weighted by atomic mass is 15.1. The summed E-state index contributed by atoms with van der Waals surface area (Å²) < 4.78 is 0. The first-order chi connectivity index (χ1) is 10.2. The third-order valence-corrected chi connectivity index (χ3v) is 3.30. The molecule has 0 saturated carbocycles. The molecule has 2 rings (SSSR count). The zero-order valence-corrected chi connectivity index (χ0v) is 13.0. The van der Waals surface area contributed by atoms with Crippen molar-refractivity contribution in [3.05, 3.63) is 41.5 Å². The van der Waals surface area contributed by atoms with Crippen LogP contribution in [0.5, 0.6) is 0 Å². The third-order valence-electron chi connectivity index (χ3n) is 3.30. The molecule has 0 aromatic carbocycles. The summed E-state index contributed by atoms with van der Waals surface area (Å²) in [6, 6.07) is 5.98. The maximum absolute atomic E-state index is 4.62. The van der Waals surface area contributed by atoms with Crippen molar-refractivity contribution >= 4 is 11.6 Å². The molecule has 2 heterocycles. The zero-order valence-electron chi connectivity index (χ0n) is 13.0. The molecule has 0 unspecified atom stereocenters. The second kappa shape index (κ2) is 7.57. The summed E-state index contributed by atoms with van der Waals surface area (Å²) in [7, 11) is 1.89. The van der Waals surface area contributed by atoms with Gasteiger partial charge in [0, 0.05) is 43.9 Å². The lowest BCUT2D eigenvalue weighted by Crippen LogP contribution is -2.12. The van der Waals surface area contributed by atoms with Crippen LogP contribution in [0.15, 0.2) is 24.4 Å². The zero-order chi connectivity index (χ0) is 15.1. The van der Waals surface area contributed by atoms with E-state index in [1.165, 1.54) is 0 Å². The van der Waals surface area contributed by atoms with E-state index in [2.05, 4.69) is 32.5 Å². The Hall–Kier alpha value is -2.17. The Morgan fingerprint density at radius 2 is 1.90 bits per heavy atom. The van der Waals surface area contributed by atoms with Crippen LogP contribution in [0.25, 0.3) is 0 Å². The van der Waals surface area contributed by atoms with E-state index < -0.39 is 0 Å². The molecule has 2 aromatic heterocycles. The van der Waals surface area contributed by atoms with Gasteiger partial charge in [0.1, 0.15) is 17.5 Å². The standard InChI is InChI=1S/C16H23N5/c1-4-7-14-20-15(17-3)12(2)16(21-14)19-11-9-13-8-5-6-10-18-13/h5-6,8,10H,4,7,9,11H2,1-3H3,(H2,17,19,20,21). The van der Waals surface area contributed by atoms with Crippen molar-refractivity contribution in [1.82, 2.24) is 15.0 Å². The van der Waals surface area contributed by atoms with Crippen molar-refractivity contribution in [3.8, 4) is 0 Å². The van der Waals surface area contributed by atoms with Gasteiger partial charge in [0.15, 0.2) is 0 Å². The molecule has 0 aliphatic heterocycles. The lowest BCUT2D eigenvalue weighted by molar-refractivity contribution is 0.830. The van der Waals surface area contributed by atoms with Gasteiger partial charge in [-0.25, -0.2) is 9.97 Å². The predicted octanol–water partition coefficient (Wildman–Crippen LogP) is 2.83. The maximum Gasteiger partial charge on any atom is 0.134 e. The van der Waals surface area contributed by atoms with Crippen LogP contribution in [0.2, 0.25) is 0 Å². The Balaban J connectivity index is 2.06. The minimum Gasteiger partial charge on any atom is -0.373 e. The van der Waals surface area contributed by atoms with Crippen molar-refractivity contribution in [2.75, 3.05) is 24.2 Å². The summed E-state index contributed by atoms with van der Waals surface area (Å²) in [6.45, 7) is 4.98. The molecule has 0 fully saturated rings. The molecule has 0 atom stereocenters. The lowest BCUT2D eigenvalue weighted by atomic mass is 10.2. The smallest absolute Gasteiger partial charge is 0.134 e. The minimum atomic E-state index is 0.809. The molecule has 0 radical (unpaired) electrons. The van der Waals surface area contributed by atoms with Crippen LogP contribution < -0.4 is 10.6 Å². The number of hydrogen-bond acceptors (Lipinski definition) is 5. The molecule has 5 heteroatoms. The van der Waals surface area contributed by atoms with Gasteiger partial charge in [0.25, 0.3) is 0 Å². The lowest BCUT2D eigenvalue weighted by Gasteiger charge is -2.13. The fraction of sp³-hybridized carbons (Fsp3) is 0.438. The highest BCUT2D eigenvalue weighted by Gasteiger charge is 2.09. The second-order valence-corrected chi connectivity index (χ2v) is 4.96. The molecule has 0 amide bonds. The van der Waals surface area contributed by atoms with E-state index in [1.54, 1.807) is 0 Å². The van der Waals surface area contributed by atoms with Crippen molar-refractivity contribution < 1.29 is 0 Å². The Morgan fingerprint density at radius 3 is 2.57 bits per heavy atom. The average Bonchev–Trinajstić information content (AvgIpc) is 2.51. The molecule has 0 spiro atoms. The van der Waals surface area contributed by atoms with Crippen molar-refractivity contribution in [2.45, 2.75) is 33.1 Å². The van der Waals surface area contributed by atoms with Gasteiger partial charge in [-0.2, -0.15) is 0 Å². The maximum atomic E-state index is 4.62. The van der Waals surface area contributed by atoms with Crippen LogP contribution in [0, 0.1) is 6.92 Å². The summed E-state index contributed by atoms with van der Waals surface area (Å²) in [5.74, 6) is 2.69. The molecular formula is C16H23N5. The summed E-state index contributed by atoms with van der Waals surface area (Å²) in [4.78, 5) is 13.5. The molecule has 112 valence electrons. The number of rotatable bonds is 7. The number of aromatic nitrogens is 3. The molecule has 2 N–H and O–H groups in total. The van der Waals surface area contributed by atoms with Gasteiger partial charge in [0.05, 0.1) is 0 Å². The summed E-state index contributed by atoms with van der Waals surface area (Å²) >= 11 is 0. The van der Waals surface area contributed by atoms with Gasteiger partial charge in [-0.3, -0.25) is 4.98 Å². The fourth-order valence-electron chi connectivity index (χ4n) is 2.17. The summed E-state index contributed by atoms with van der Waals surface area (Å²) in [5.41, 5.74) is 2.14. The van der Waals surface area contributed by atoms with Crippen molar-refractivity contribution in [3.63, 3.8) is 0 Å². The van der Waals surface area contributed by atoms with Crippen LogP contribution in [0.1, 0.15) is 30.4 Å². The van der Waals surface area contributed by atoms with Gasteiger partial charge in [-0.05, 0) is 25.5 Å². The fourth-order valence-corrected chi connectivity index (χ4v) is 2.17. The first-order valence-corrected chi connectivity index (χ1v) is 7.43. The topological polar surface area (TPSA) is 62.7 Å². The molecule has 2 aromatic rings. The van der Waals surface area contributed by atoms with Crippen LogP contribution >= 0.6 is 0 Å². The Kier molecular flexibility index (Phi) is 5.49. The predicted molar refractivity (Wildman–Crippen MR) is 86.7 cm³/mol. The van der Waals surface area contributed by atoms with Gasteiger partial charge >= 0.3 is 0 Å². The monoisotopic (exact) mass is 285 g/mol. The van der Waals surface area contributed by atoms with E-state index in [0.29, 0.717) is 0 Å². The summed E-state index contributed by atoms with van der Waals surface area (Å²) in [6.07, 6.45) is 4.63. The van der Waals surface area contributed by atoms with E-state index in [4.69, 9.17) is 0 Å². The quantitative estimate of drug-likeness (QED) is 0.819. The molecule has 21 heavy (non-hydrogen) atoms. The SMILES string of the molecule is CCCc1nc(NC)c(C)c(NCCc2ccccn2)n1. The van der Waals surface area contributed by atoms with Gasteiger partial charge in [-0.15, -0.1) is 0 Å². The molecule has 0 bridgehead atoms. The van der Waals surface area contributed by atoms with Crippen LogP contribution in [-0.2, 0) is 12.8 Å². The molecule has 0 aliphatic rings. The van der Waals surface area contributed by atoms with Gasteiger partial charge in [0.2, 0.25) is 0 Å². The highest BCUT2D eigenvalue weighted by molar-refractivity contribution is 5.57. The molecule has 5 nitrogen and oxygen atoms in total. The highest BCUT2D eigenvalue weighted by Crippen LogP contribution is 2.20. The van der Waals surface area contributed by atoms with E-state index in [1.807, 2.05) is 38.4 Å². The van der Waals surface area contributed by atoms with Crippen LogP contribution in [-0.4, -0.2) is 28.5 Å². The minimum absolute atomic E-state index is 0.809. The van der Waals surface area contributed by atoms with E-state index in [0.717, 1.165) is 54.5 Å².